The average molecular weight is 294 g/mol. The number of benzene rings is 1. The maximum Gasteiger partial charge on any atom is 0.167 e. The third-order valence-corrected chi connectivity index (χ3v) is 4.40. The van der Waals surface area contributed by atoms with Gasteiger partial charge in [-0.15, -0.1) is 0 Å². The summed E-state index contributed by atoms with van der Waals surface area (Å²) in [5, 5.41) is 0. The van der Waals surface area contributed by atoms with Crippen LogP contribution in [0.1, 0.15) is 12.5 Å². The molecule has 0 amide bonds. The lowest BCUT2D eigenvalue weighted by Gasteiger charge is -2.29. The molecule has 1 aromatic rings. The minimum atomic E-state index is -0.338. The number of hydrogen-bond acceptors (Lipinski definition) is 3. The van der Waals surface area contributed by atoms with Crippen LogP contribution in [0.5, 0.6) is 5.75 Å². The summed E-state index contributed by atoms with van der Waals surface area (Å²) in [6, 6.07) is 7.60. The number of carbonyl (C=O) groups is 2. The van der Waals surface area contributed by atoms with Crippen molar-refractivity contribution in [2.24, 2.45) is 11.8 Å². The Morgan fingerprint density at radius 1 is 0.955 bits per heavy atom. The second kappa shape index (κ2) is 5.76. The van der Waals surface area contributed by atoms with Crippen molar-refractivity contribution in [3.8, 4) is 5.75 Å². The van der Waals surface area contributed by atoms with Gasteiger partial charge in [-0.3, -0.25) is 9.59 Å². The first kappa shape index (κ1) is 14.5. The minimum Gasteiger partial charge on any atom is -0.497 e. The second-order valence-electron chi connectivity index (χ2n) is 5.68. The van der Waals surface area contributed by atoms with Crippen molar-refractivity contribution < 1.29 is 14.3 Å². The number of methoxy groups -OCH3 is 1. The van der Waals surface area contributed by atoms with Crippen LogP contribution < -0.4 is 4.74 Å². The molecular formula is C19H18O3. The number of ether oxygens (including phenoxy) is 1. The molecule has 0 heterocycles. The molecule has 2 aliphatic rings. The van der Waals surface area contributed by atoms with Gasteiger partial charge in [-0.1, -0.05) is 36.4 Å². The summed E-state index contributed by atoms with van der Waals surface area (Å²) in [4.78, 5) is 25.2. The zero-order chi connectivity index (χ0) is 15.7. The van der Waals surface area contributed by atoms with Crippen LogP contribution in [-0.2, 0) is 16.0 Å². The Bertz CT molecular complexity index is 705. The summed E-state index contributed by atoms with van der Waals surface area (Å²) < 4.78 is 5.14. The van der Waals surface area contributed by atoms with Crippen molar-refractivity contribution in [1.82, 2.24) is 0 Å². The molecule has 2 atom stereocenters. The van der Waals surface area contributed by atoms with Gasteiger partial charge in [0.25, 0.3) is 0 Å². The molecule has 0 radical (unpaired) electrons. The smallest absolute Gasteiger partial charge is 0.167 e. The van der Waals surface area contributed by atoms with E-state index in [9.17, 15) is 9.59 Å². The van der Waals surface area contributed by atoms with Gasteiger partial charge in [0.1, 0.15) is 5.75 Å². The lowest BCUT2D eigenvalue weighted by molar-refractivity contribution is -0.127. The van der Waals surface area contributed by atoms with E-state index in [0.717, 1.165) is 11.3 Å². The van der Waals surface area contributed by atoms with Crippen molar-refractivity contribution in [2.45, 2.75) is 13.3 Å². The van der Waals surface area contributed by atoms with Crippen LogP contribution in [0, 0.1) is 11.8 Å². The summed E-state index contributed by atoms with van der Waals surface area (Å²) in [6.45, 7) is 1.77. The van der Waals surface area contributed by atoms with E-state index in [2.05, 4.69) is 0 Å². The standard InChI is InChI=1S/C19H18O3/c1-12-17(11-13-7-9-14(22-2)10-8-13)19(21)16-6-4-3-5-15(16)18(12)20/h3-10,15-16H,11H2,1-2H3. The SMILES string of the molecule is COc1ccc(CC2=C(C)C(=O)C3C=CC=CC3C2=O)cc1. The Morgan fingerprint density at radius 2 is 1.55 bits per heavy atom. The number of Topliss-reactive ketones (excluding diaryl/α,β-unsaturated/α-hetero) is 2. The first-order valence-electron chi connectivity index (χ1n) is 7.38. The minimum absolute atomic E-state index is 0.0636. The first-order chi connectivity index (χ1) is 10.6. The fourth-order valence-electron chi connectivity index (χ4n) is 3.06. The van der Waals surface area contributed by atoms with Crippen LogP contribution in [0.25, 0.3) is 0 Å². The van der Waals surface area contributed by atoms with Gasteiger partial charge in [-0.25, -0.2) is 0 Å². The Labute approximate surface area is 130 Å². The van der Waals surface area contributed by atoms with E-state index in [4.69, 9.17) is 4.74 Å². The molecule has 3 heteroatoms. The molecule has 3 rings (SSSR count). The van der Waals surface area contributed by atoms with Crippen molar-refractivity contribution in [2.75, 3.05) is 7.11 Å². The normalized spacial score (nSPS) is 23.7. The van der Waals surface area contributed by atoms with E-state index in [1.54, 1.807) is 14.0 Å². The molecule has 0 aromatic heterocycles. The predicted octanol–water partition coefficient (Wildman–Crippen LogP) is 3.06. The average Bonchev–Trinajstić information content (AvgIpc) is 2.57. The highest BCUT2D eigenvalue weighted by atomic mass is 16.5. The number of rotatable bonds is 3. The molecule has 0 saturated carbocycles. The molecule has 0 N–H and O–H groups in total. The van der Waals surface area contributed by atoms with Crippen molar-refractivity contribution >= 4 is 11.6 Å². The van der Waals surface area contributed by atoms with Gasteiger partial charge in [0.2, 0.25) is 0 Å². The van der Waals surface area contributed by atoms with E-state index >= 15 is 0 Å². The molecule has 1 aromatic carbocycles. The van der Waals surface area contributed by atoms with Gasteiger partial charge in [0.05, 0.1) is 18.9 Å². The molecule has 0 spiro atoms. The van der Waals surface area contributed by atoms with E-state index in [0.29, 0.717) is 17.6 Å². The van der Waals surface area contributed by atoms with Gasteiger partial charge < -0.3 is 4.74 Å². The lowest BCUT2D eigenvalue weighted by atomic mass is 9.71. The summed E-state index contributed by atoms with van der Waals surface area (Å²) in [6.07, 6.45) is 7.84. The van der Waals surface area contributed by atoms with Crippen LogP contribution in [0.4, 0.5) is 0 Å². The second-order valence-corrected chi connectivity index (χ2v) is 5.68. The maximum absolute atomic E-state index is 12.7. The molecule has 0 saturated heterocycles. The summed E-state index contributed by atoms with van der Waals surface area (Å²) in [7, 11) is 1.62. The lowest BCUT2D eigenvalue weighted by Crippen LogP contribution is -2.36. The maximum atomic E-state index is 12.7. The third-order valence-electron chi connectivity index (χ3n) is 4.40. The molecule has 2 unspecified atom stereocenters. The highest BCUT2D eigenvalue weighted by Crippen LogP contribution is 2.34. The Morgan fingerprint density at radius 3 is 2.14 bits per heavy atom. The van der Waals surface area contributed by atoms with Gasteiger partial charge in [-0.2, -0.15) is 0 Å². The number of allylic oxidation sites excluding steroid dienone is 6. The fraction of sp³-hybridized carbons (Fsp3) is 0.263. The van der Waals surface area contributed by atoms with Crippen molar-refractivity contribution in [3.63, 3.8) is 0 Å². The Balaban J connectivity index is 1.92. The van der Waals surface area contributed by atoms with Crippen LogP contribution in [0.15, 0.2) is 59.7 Å². The van der Waals surface area contributed by atoms with Crippen LogP contribution in [0.3, 0.4) is 0 Å². The molecule has 0 aliphatic heterocycles. The zero-order valence-corrected chi connectivity index (χ0v) is 12.7. The highest BCUT2D eigenvalue weighted by molar-refractivity contribution is 6.15. The van der Waals surface area contributed by atoms with E-state index in [1.807, 2.05) is 48.6 Å². The molecular weight excluding hydrogens is 276 g/mol. The fourth-order valence-corrected chi connectivity index (χ4v) is 3.06. The van der Waals surface area contributed by atoms with E-state index < -0.39 is 0 Å². The quantitative estimate of drug-likeness (QED) is 0.860. The number of fused-ring (bicyclic) bond motifs is 1. The predicted molar refractivity (Wildman–Crippen MR) is 84.7 cm³/mol. The molecule has 0 fully saturated rings. The number of hydrogen-bond donors (Lipinski definition) is 0. The monoisotopic (exact) mass is 294 g/mol. The third kappa shape index (κ3) is 2.43. The summed E-state index contributed by atoms with van der Waals surface area (Å²) in [5.41, 5.74) is 2.24. The topological polar surface area (TPSA) is 43.4 Å². The summed E-state index contributed by atoms with van der Waals surface area (Å²) in [5.74, 6) is 0.250. The number of ketones is 2. The van der Waals surface area contributed by atoms with Crippen molar-refractivity contribution in [1.29, 1.82) is 0 Å². The van der Waals surface area contributed by atoms with Gasteiger partial charge >= 0.3 is 0 Å². The Kier molecular flexibility index (Phi) is 3.80. The van der Waals surface area contributed by atoms with Gasteiger partial charge in [0.15, 0.2) is 11.6 Å². The first-order valence-corrected chi connectivity index (χ1v) is 7.38. The van der Waals surface area contributed by atoms with Crippen LogP contribution in [-0.4, -0.2) is 18.7 Å². The molecule has 2 aliphatic carbocycles. The van der Waals surface area contributed by atoms with Crippen molar-refractivity contribution in [3.05, 3.63) is 65.3 Å². The van der Waals surface area contributed by atoms with Crippen LogP contribution in [0.2, 0.25) is 0 Å². The highest BCUT2D eigenvalue weighted by Gasteiger charge is 2.39. The molecule has 22 heavy (non-hydrogen) atoms. The summed E-state index contributed by atoms with van der Waals surface area (Å²) >= 11 is 0. The molecule has 112 valence electrons. The largest absolute Gasteiger partial charge is 0.497 e. The Hall–Kier alpha value is -2.42. The van der Waals surface area contributed by atoms with E-state index in [1.165, 1.54) is 0 Å². The van der Waals surface area contributed by atoms with Gasteiger partial charge in [0, 0.05) is 12.0 Å². The molecule has 0 bridgehead atoms. The number of carbonyl (C=O) groups excluding carboxylic acids is 2. The molecule has 3 nitrogen and oxygen atoms in total. The zero-order valence-electron chi connectivity index (χ0n) is 12.7. The van der Waals surface area contributed by atoms with E-state index in [-0.39, 0.29) is 23.4 Å². The van der Waals surface area contributed by atoms with Gasteiger partial charge in [-0.05, 0) is 30.2 Å². The van der Waals surface area contributed by atoms with Crippen LogP contribution >= 0.6 is 0 Å².